The molecular weight excluding hydrogens is 373 g/mol. The predicted octanol–water partition coefficient (Wildman–Crippen LogP) is 3.35. The molecular formula is C21H18FN5O2. The van der Waals surface area contributed by atoms with Gasteiger partial charge in [0.15, 0.2) is 11.6 Å². The maximum atomic E-state index is 13.1. The molecule has 0 saturated heterocycles. The van der Waals surface area contributed by atoms with E-state index < -0.39 is 5.82 Å². The molecule has 0 radical (unpaired) electrons. The molecule has 29 heavy (non-hydrogen) atoms. The van der Waals surface area contributed by atoms with Crippen molar-refractivity contribution in [2.45, 2.75) is 6.92 Å². The topological polar surface area (TPSA) is 74.8 Å². The van der Waals surface area contributed by atoms with Crippen LogP contribution in [0.25, 0.3) is 17.1 Å². The first-order valence-corrected chi connectivity index (χ1v) is 8.87. The molecule has 8 heteroatoms. The Morgan fingerprint density at radius 3 is 2.55 bits per heavy atom. The zero-order valence-corrected chi connectivity index (χ0v) is 16.1. The summed E-state index contributed by atoms with van der Waals surface area (Å²) < 4.78 is 21.9. The van der Waals surface area contributed by atoms with E-state index in [0.29, 0.717) is 22.7 Å². The first-order valence-electron chi connectivity index (χ1n) is 8.87. The lowest BCUT2D eigenvalue weighted by Crippen LogP contribution is -2.09. The Morgan fingerprint density at radius 1 is 1.14 bits per heavy atom. The number of imidazole rings is 1. The summed E-state index contributed by atoms with van der Waals surface area (Å²) in [5, 5.41) is 4.36. The second kappa shape index (κ2) is 7.31. The predicted molar refractivity (Wildman–Crippen MR) is 105 cm³/mol. The van der Waals surface area contributed by atoms with Crippen molar-refractivity contribution in [1.29, 1.82) is 0 Å². The number of nitrogens with zero attached hydrogens (tertiary/aromatic N) is 5. The van der Waals surface area contributed by atoms with Gasteiger partial charge in [0, 0.05) is 24.4 Å². The summed E-state index contributed by atoms with van der Waals surface area (Å²) in [5.41, 5.74) is 2.77. The average Bonchev–Trinajstić information content (AvgIpc) is 3.33. The lowest BCUT2D eigenvalue weighted by Gasteiger charge is -2.10. The van der Waals surface area contributed by atoms with Crippen LogP contribution in [0.4, 0.5) is 4.39 Å². The summed E-state index contributed by atoms with van der Waals surface area (Å²) in [4.78, 5) is 21.3. The average molecular weight is 391 g/mol. The van der Waals surface area contributed by atoms with Crippen molar-refractivity contribution >= 4 is 5.78 Å². The third-order valence-corrected chi connectivity index (χ3v) is 4.50. The van der Waals surface area contributed by atoms with Crippen molar-refractivity contribution in [1.82, 2.24) is 24.3 Å². The van der Waals surface area contributed by atoms with E-state index in [-0.39, 0.29) is 11.6 Å². The molecule has 0 aliphatic carbocycles. The molecule has 0 unspecified atom stereocenters. The number of halogens is 1. The Labute approximate surface area is 166 Å². The fourth-order valence-electron chi connectivity index (χ4n) is 3.02. The van der Waals surface area contributed by atoms with Crippen LogP contribution in [0.1, 0.15) is 21.9 Å². The van der Waals surface area contributed by atoms with E-state index in [2.05, 4.69) is 15.1 Å². The van der Waals surface area contributed by atoms with E-state index in [0.717, 1.165) is 11.4 Å². The van der Waals surface area contributed by atoms with E-state index in [1.807, 2.05) is 35.9 Å². The van der Waals surface area contributed by atoms with Crippen molar-refractivity contribution in [2.24, 2.45) is 7.05 Å². The van der Waals surface area contributed by atoms with Gasteiger partial charge in [0.25, 0.3) is 0 Å². The number of aromatic nitrogens is 5. The van der Waals surface area contributed by atoms with Gasteiger partial charge < -0.3 is 9.30 Å². The maximum Gasteiger partial charge on any atom is 0.229 e. The summed E-state index contributed by atoms with van der Waals surface area (Å²) >= 11 is 0. The zero-order chi connectivity index (χ0) is 20.5. The van der Waals surface area contributed by atoms with Gasteiger partial charge in [-0.1, -0.05) is 0 Å². The molecule has 2 heterocycles. The molecule has 0 saturated carbocycles. The van der Waals surface area contributed by atoms with Gasteiger partial charge in [-0.15, -0.1) is 0 Å². The van der Waals surface area contributed by atoms with Gasteiger partial charge in [0.1, 0.15) is 11.6 Å². The Balaban J connectivity index is 1.70. The number of hydrogen-bond donors (Lipinski definition) is 0. The Bertz CT molecular complexity index is 1190. The number of carbonyl (C=O) groups is 1. The van der Waals surface area contributed by atoms with Crippen LogP contribution in [0.5, 0.6) is 5.75 Å². The monoisotopic (exact) mass is 391 g/mol. The second-order valence-corrected chi connectivity index (χ2v) is 6.53. The third kappa shape index (κ3) is 3.52. The molecule has 0 spiro atoms. The highest BCUT2D eigenvalue weighted by Gasteiger charge is 2.19. The van der Waals surface area contributed by atoms with E-state index in [1.54, 1.807) is 20.5 Å². The smallest absolute Gasteiger partial charge is 0.229 e. The number of carbonyl (C=O) groups excluding carboxylic acids is 1. The number of methoxy groups -OCH3 is 1. The largest absolute Gasteiger partial charge is 0.495 e. The molecule has 146 valence electrons. The quantitative estimate of drug-likeness (QED) is 0.488. The minimum atomic E-state index is -0.402. The van der Waals surface area contributed by atoms with Crippen molar-refractivity contribution in [3.63, 3.8) is 0 Å². The Hall–Kier alpha value is -3.81. The van der Waals surface area contributed by atoms with E-state index in [1.165, 1.54) is 28.9 Å². The van der Waals surface area contributed by atoms with E-state index in [9.17, 15) is 9.18 Å². The van der Waals surface area contributed by atoms with E-state index >= 15 is 0 Å². The summed E-state index contributed by atoms with van der Waals surface area (Å²) in [5.74, 6) is 0.451. The van der Waals surface area contributed by atoms with Crippen LogP contribution in [-0.4, -0.2) is 37.2 Å². The lowest BCUT2D eigenvalue weighted by molar-refractivity contribution is 0.102. The molecule has 7 nitrogen and oxygen atoms in total. The Kier molecular flexibility index (Phi) is 4.67. The number of ketones is 1. The van der Waals surface area contributed by atoms with Crippen LogP contribution >= 0.6 is 0 Å². The molecule has 4 rings (SSSR count). The first kappa shape index (κ1) is 18.5. The molecule has 0 fully saturated rings. The summed E-state index contributed by atoms with van der Waals surface area (Å²) in [6.07, 6.45) is 3.61. The first-order chi connectivity index (χ1) is 14.0. The van der Waals surface area contributed by atoms with Crippen molar-refractivity contribution < 1.29 is 13.9 Å². The normalized spacial score (nSPS) is 10.9. The van der Waals surface area contributed by atoms with Gasteiger partial charge in [-0.3, -0.25) is 4.79 Å². The highest BCUT2D eigenvalue weighted by Crippen LogP contribution is 2.28. The van der Waals surface area contributed by atoms with Gasteiger partial charge >= 0.3 is 0 Å². The fraction of sp³-hybridized carbons (Fsp3) is 0.143. The molecule has 2 aromatic carbocycles. The van der Waals surface area contributed by atoms with Gasteiger partial charge in [0.2, 0.25) is 5.78 Å². The van der Waals surface area contributed by atoms with Crippen LogP contribution < -0.4 is 4.74 Å². The second-order valence-electron chi connectivity index (χ2n) is 6.53. The van der Waals surface area contributed by atoms with Gasteiger partial charge in [-0.25, -0.2) is 19.0 Å². The molecule has 0 amide bonds. The third-order valence-electron chi connectivity index (χ3n) is 4.50. The zero-order valence-electron chi connectivity index (χ0n) is 16.1. The molecule has 2 aromatic heterocycles. The summed E-state index contributed by atoms with van der Waals surface area (Å²) in [6.45, 7) is 1.91. The number of ether oxygens (including phenoxy) is 1. The minimum Gasteiger partial charge on any atom is -0.495 e. The SMILES string of the molecule is COc1cc(-c2nc(C(=O)c3ccc(F)cc3)n(C)n2)ccc1-n1cnc(C)c1. The van der Waals surface area contributed by atoms with Crippen LogP contribution in [0, 0.1) is 12.7 Å². The molecule has 0 bridgehead atoms. The van der Waals surface area contributed by atoms with Crippen LogP contribution in [0.15, 0.2) is 55.0 Å². The Morgan fingerprint density at radius 2 is 1.90 bits per heavy atom. The summed E-state index contributed by atoms with van der Waals surface area (Å²) in [7, 11) is 3.23. The van der Waals surface area contributed by atoms with Crippen molar-refractivity contribution in [3.8, 4) is 22.8 Å². The van der Waals surface area contributed by atoms with Gasteiger partial charge in [-0.2, -0.15) is 5.10 Å². The number of rotatable bonds is 5. The fourth-order valence-corrected chi connectivity index (χ4v) is 3.02. The molecule has 0 aliphatic rings. The lowest BCUT2D eigenvalue weighted by atomic mass is 10.1. The number of benzene rings is 2. The van der Waals surface area contributed by atoms with Crippen LogP contribution in [-0.2, 0) is 7.05 Å². The molecule has 0 N–H and O–H groups in total. The van der Waals surface area contributed by atoms with Crippen LogP contribution in [0.2, 0.25) is 0 Å². The molecule has 4 aromatic rings. The maximum absolute atomic E-state index is 13.1. The standard InChI is InChI=1S/C21H18FN5O2/c1-13-11-27(12-23-13)17-9-6-15(10-18(17)29-3)20-24-21(26(2)25-20)19(28)14-4-7-16(22)8-5-14/h4-12H,1-3H3. The van der Waals surface area contributed by atoms with Gasteiger partial charge in [0.05, 0.1) is 24.8 Å². The minimum absolute atomic E-state index is 0.167. The highest BCUT2D eigenvalue weighted by molar-refractivity contribution is 6.06. The number of hydrogen-bond acceptors (Lipinski definition) is 5. The number of aryl methyl sites for hydroxylation is 2. The molecule has 0 atom stereocenters. The van der Waals surface area contributed by atoms with Crippen LogP contribution in [0.3, 0.4) is 0 Å². The van der Waals surface area contributed by atoms with Crippen molar-refractivity contribution in [3.05, 3.63) is 77.9 Å². The summed E-state index contributed by atoms with van der Waals surface area (Å²) in [6, 6.07) is 10.9. The van der Waals surface area contributed by atoms with Gasteiger partial charge in [-0.05, 0) is 49.4 Å². The highest BCUT2D eigenvalue weighted by atomic mass is 19.1. The van der Waals surface area contributed by atoms with E-state index in [4.69, 9.17) is 4.74 Å². The van der Waals surface area contributed by atoms with Crippen molar-refractivity contribution in [2.75, 3.05) is 7.11 Å². The molecule has 0 aliphatic heterocycles.